The summed E-state index contributed by atoms with van der Waals surface area (Å²) >= 11 is 0. The smallest absolute Gasteiger partial charge is 0.220 e. The lowest BCUT2D eigenvalue weighted by Crippen LogP contribution is -2.65. The molecule has 14 heteroatoms. The zero-order valence-electron chi connectivity index (χ0n) is 64.9. The second-order valence-corrected chi connectivity index (χ2v) is 29.9. The fourth-order valence-electron chi connectivity index (χ4n) is 14.0. The van der Waals surface area contributed by atoms with Crippen molar-refractivity contribution in [2.24, 2.45) is 0 Å². The number of unbranched alkanes of at least 4 members (excludes halogenated alkanes) is 47. The molecular weight excluding hydrogens is 1270 g/mol. The van der Waals surface area contributed by atoms with E-state index in [2.05, 4.69) is 92.1 Å². The van der Waals surface area contributed by atoms with E-state index in [1.807, 2.05) is 0 Å². The predicted octanol–water partition coefficient (Wildman–Crippen LogP) is 20.1. The van der Waals surface area contributed by atoms with Crippen LogP contribution in [-0.4, -0.2) is 140 Å². The van der Waals surface area contributed by atoms with Gasteiger partial charge in [-0.1, -0.05) is 382 Å². The Morgan fingerprint density at radius 1 is 0.366 bits per heavy atom. The van der Waals surface area contributed by atoms with Crippen LogP contribution in [0.5, 0.6) is 0 Å². The third-order valence-corrected chi connectivity index (χ3v) is 20.7. The largest absolute Gasteiger partial charge is 0.394 e. The van der Waals surface area contributed by atoms with Gasteiger partial charge in [-0.15, -0.1) is 0 Å². The molecule has 2 aliphatic rings. The van der Waals surface area contributed by atoms with Gasteiger partial charge < -0.3 is 65.1 Å². The van der Waals surface area contributed by atoms with Gasteiger partial charge >= 0.3 is 0 Å². The van der Waals surface area contributed by atoms with E-state index in [1.54, 1.807) is 0 Å². The van der Waals surface area contributed by atoms with Gasteiger partial charge in [0.2, 0.25) is 5.91 Å². The van der Waals surface area contributed by atoms with Gasteiger partial charge in [0.05, 0.1) is 32.0 Å². The number of hydrogen-bond acceptors (Lipinski definition) is 13. The highest BCUT2D eigenvalue weighted by molar-refractivity contribution is 5.76. The lowest BCUT2D eigenvalue weighted by Gasteiger charge is -2.46. The molecule has 14 nitrogen and oxygen atoms in total. The van der Waals surface area contributed by atoms with E-state index in [0.717, 1.165) is 89.9 Å². The Morgan fingerprint density at radius 3 is 1.05 bits per heavy atom. The molecule has 2 aliphatic heterocycles. The van der Waals surface area contributed by atoms with E-state index < -0.39 is 86.8 Å². The van der Waals surface area contributed by atoms with E-state index >= 15 is 0 Å². The molecule has 12 atom stereocenters. The number of amides is 1. The normalized spacial score (nSPS) is 22.1. The first-order chi connectivity index (χ1) is 49.6. The van der Waals surface area contributed by atoms with Gasteiger partial charge in [0, 0.05) is 6.42 Å². The molecule has 0 bridgehead atoms. The van der Waals surface area contributed by atoms with Crippen LogP contribution >= 0.6 is 0 Å². The van der Waals surface area contributed by atoms with Crippen molar-refractivity contribution in [3.63, 3.8) is 0 Å². The summed E-state index contributed by atoms with van der Waals surface area (Å²) in [7, 11) is 0. The molecule has 2 rings (SSSR count). The van der Waals surface area contributed by atoms with Crippen molar-refractivity contribution in [3.8, 4) is 0 Å². The van der Waals surface area contributed by atoms with Crippen LogP contribution in [0.3, 0.4) is 0 Å². The molecule has 0 aromatic carbocycles. The number of aliphatic hydroxyl groups excluding tert-OH is 8. The maximum absolute atomic E-state index is 13.4. The van der Waals surface area contributed by atoms with Gasteiger partial charge in [-0.2, -0.15) is 0 Å². The molecule has 101 heavy (non-hydrogen) atoms. The van der Waals surface area contributed by atoms with Crippen molar-refractivity contribution in [3.05, 3.63) is 72.9 Å². The van der Waals surface area contributed by atoms with Crippen molar-refractivity contribution < 1.29 is 64.6 Å². The summed E-state index contributed by atoms with van der Waals surface area (Å²) in [6, 6.07) is -0.834. The van der Waals surface area contributed by atoms with Crippen LogP contribution in [0, 0.1) is 0 Å². The van der Waals surface area contributed by atoms with Gasteiger partial charge in [0.25, 0.3) is 0 Å². The Morgan fingerprint density at radius 2 is 0.683 bits per heavy atom. The molecule has 0 aromatic rings. The van der Waals surface area contributed by atoms with Crippen molar-refractivity contribution in [1.82, 2.24) is 5.32 Å². The Balaban J connectivity index is 1.58. The molecule has 0 saturated carbocycles. The van der Waals surface area contributed by atoms with Crippen LogP contribution in [0.4, 0.5) is 0 Å². The molecule has 2 heterocycles. The molecule has 2 fully saturated rings. The Kier molecular flexibility index (Phi) is 65.9. The van der Waals surface area contributed by atoms with E-state index in [-0.39, 0.29) is 12.5 Å². The molecule has 9 N–H and O–H groups in total. The van der Waals surface area contributed by atoms with Gasteiger partial charge in [-0.05, 0) is 64.2 Å². The summed E-state index contributed by atoms with van der Waals surface area (Å²) < 4.78 is 23.0. The summed E-state index contributed by atoms with van der Waals surface area (Å²) in [6.07, 6.45) is 81.0. The number of carbonyl (C=O) groups is 1. The second kappa shape index (κ2) is 70.4. The second-order valence-electron chi connectivity index (χ2n) is 29.9. The van der Waals surface area contributed by atoms with Gasteiger partial charge in [0.1, 0.15) is 48.8 Å². The highest BCUT2D eigenvalue weighted by Gasteiger charge is 2.51. The van der Waals surface area contributed by atoms with Crippen LogP contribution in [0.15, 0.2) is 72.9 Å². The highest BCUT2D eigenvalue weighted by Crippen LogP contribution is 2.31. The first kappa shape index (κ1) is 94.5. The third kappa shape index (κ3) is 53.0. The monoisotopic (exact) mass is 1430 g/mol. The Bertz CT molecular complexity index is 1980. The van der Waals surface area contributed by atoms with Gasteiger partial charge in [0.15, 0.2) is 12.6 Å². The van der Waals surface area contributed by atoms with Crippen LogP contribution < -0.4 is 5.32 Å². The maximum Gasteiger partial charge on any atom is 0.220 e. The first-order valence-corrected chi connectivity index (χ1v) is 42.7. The first-order valence-electron chi connectivity index (χ1n) is 42.7. The molecule has 1 amide bonds. The number of nitrogens with one attached hydrogen (secondary N) is 1. The summed E-state index contributed by atoms with van der Waals surface area (Å²) in [6.45, 7) is 2.81. The molecule has 0 aromatic heterocycles. The molecule has 590 valence electrons. The van der Waals surface area contributed by atoms with E-state index in [9.17, 15) is 45.6 Å². The minimum absolute atomic E-state index is 0.202. The summed E-state index contributed by atoms with van der Waals surface area (Å²) in [5, 5.41) is 88.0. The zero-order chi connectivity index (χ0) is 73.0. The van der Waals surface area contributed by atoms with Crippen molar-refractivity contribution in [2.45, 2.75) is 453 Å². The molecule has 12 unspecified atom stereocenters. The molecule has 2 saturated heterocycles. The summed E-state index contributed by atoms with van der Waals surface area (Å²) in [5.41, 5.74) is 0. The maximum atomic E-state index is 13.4. The average Bonchev–Trinajstić information content (AvgIpc) is 0.791. The lowest BCUT2D eigenvalue weighted by atomic mass is 9.97. The van der Waals surface area contributed by atoms with Crippen LogP contribution in [0.1, 0.15) is 380 Å². The quantitative estimate of drug-likeness (QED) is 0.0204. The van der Waals surface area contributed by atoms with E-state index in [0.29, 0.717) is 12.8 Å². The van der Waals surface area contributed by atoms with Crippen LogP contribution in [0.2, 0.25) is 0 Å². The number of ether oxygens (including phenoxy) is 4. The minimum Gasteiger partial charge on any atom is -0.394 e. The van der Waals surface area contributed by atoms with Crippen molar-refractivity contribution in [2.75, 3.05) is 19.8 Å². The highest BCUT2D eigenvalue weighted by atomic mass is 16.7. The fourth-order valence-corrected chi connectivity index (χ4v) is 14.0. The average molecular weight is 1430 g/mol. The summed E-state index contributed by atoms with van der Waals surface area (Å²) in [4.78, 5) is 13.4. The molecule has 0 spiro atoms. The molecule has 0 radical (unpaired) electrons. The van der Waals surface area contributed by atoms with Crippen LogP contribution in [-0.2, 0) is 23.7 Å². The number of allylic oxidation sites excluding steroid dienone is 12. The standard InChI is InChI=1S/C87H159NO13/c1-3-5-7-9-11-13-15-17-19-21-23-25-27-29-31-33-35-37-38-39-41-43-45-47-49-51-53-55-57-59-61-63-65-67-69-71-79(92)88-75(74-98-86-84(97)82(95)85(78(73-90)100-86)101-87-83(96)81(94)80(93)77(72-89)99-87)76(91)70-68-66-64-62-60-58-56-54-52-50-48-46-44-42-40-36-34-32-30-28-26-24-22-20-18-16-14-12-10-8-6-4-2/h5,7,11,13,17,19,23,25,29,31,35,37,75-78,80-87,89-91,93-97H,3-4,6,8-10,12,14-16,18,20-22,24,26-28,30,32-34,36,38-74H2,1-2H3,(H,88,92)/b7-5-,13-11-,19-17-,25-23-,31-29-,37-35-. The van der Waals surface area contributed by atoms with Crippen LogP contribution in [0.25, 0.3) is 0 Å². The SMILES string of the molecule is CC/C=C\C/C=C\C/C=C\C/C=C\C/C=C\C/C=C\CCCCCCCCCCCCCCCCCCC(=O)NC(COC1OC(CO)C(OC2OC(CO)C(O)C(O)C2O)C(O)C1O)C(O)CCCCCCCCCCCCCCCCCCCCCCCCCCCCCCCCCC. The molecular formula is C87H159NO13. The van der Waals surface area contributed by atoms with Gasteiger partial charge in [-0.25, -0.2) is 0 Å². The predicted molar refractivity (Wildman–Crippen MR) is 420 cm³/mol. The van der Waals surface area contributed by atoms with Crippen molar-refractivity contribution >= 4 is 5.91 Å². The zero-order valence-corrected chi connectivity index (χ0v) is 64.9. The fraction of sp³-hybridized carbons (Fsp3) is 0.851. The van der Waals surface area contributed by atoms with E-state index in [4.69, 9.17) is 18.9 Å². The topological polar surface area (TPSA) is 228 Å². The number of carbonyl (C=O) groups excluding carboxylic acids is 1. The molecule has 0 aliphatic carbocycles. The van der Waals surface area contributed by atoms with Crippen molar-refractivity contribution in [1.29, 1.82) is 0 Å². The van der Waals surface area contributed by atoms with E-state index in [1.165, 1.54) is 263 Å². The number of aliphatic hydroxyl groups is 8. The Labute approximate surface area is 618 Å². The lowest BCUT2D eigenvalue weighted by molar-refractivity contribution is -0.359. The van der Waals surface area contributed by atoms with Gasteiger partial charge in [-0.3, -0.25) is 4.79 Å². The number of hydrogen-bond donors (Lipinski definition) is 9. The Hall–Kier alpha value is -2.57. The minimum atomic E-state index is -1.79. The number of rotatable bonds is 72. The third-order valence-electron chi connectivity index (χ3n) is 20.7. The summed E-state index contributed by atoms with van der Waals surface area (Å²) in [5.74, 6) is -0.202.